The first-order chi connectivity index (χ1) is 10.1. The van der Waals surface area contributed by atoms with Crippen LogP contribution in [0.25, 0.3) is 5.69 Å². The molecule has 1 aliphatic heterocycles. The van der Waals surface area contributed by atoms with E-state index in [9.17, 15) is 4.79 Å². The number of imidazole rings is 1. The molecule has 3 rings (SSSR count). The summed E-state index contributed by atoms with van der Waals surface area (Å²) in [6, 6.07) is 6.21. The van der Waals surface area contributed by atoms with Gasteiger partial charge in [0.1, 0.15) is 0 Å². The zero-order valence-electron chi connectivity index (χ0n) is 12.0. The third kappa shape index (κ3) is 2.84. The number of hydrogen-bond acceptors (Lipinski definition) is 4. The first kappa shape index (κ1) is 13.5. The van der Waals surface area contributed by atoms with Gasteiger partial charge in [0.15, 0.2) is 0 Å². The van der Waals surface area contributed by atoms with E-state index in [-0.39, 0.29) is 11.9 Å². The van der Waals surface area contributed by atoms with Crippen LogP contribution in [0.2, 0.25) is 0 Å². The lowest BCUT2D eigenvalue weighted by Gasteiger charge is -2.20. The topological polar surface area (TPSA) is 76.2 Å². The van der Waals surface area contributed by atoms with Crippen LogP contribution in [0.15, 0.2) is 36.9 Å². The number of amides is 1. The molecule has 2 aromatic rings. The summed E-state index contributed by atoms with van der Waals surface area (Å²) in [4.78, 5) is 17.5. The number of rotatable bonds is 3. The molecule has 21 heavy (non-hydrogen) atoms. The molecule has 1 fully saturated rings. The van der Waals surface area contributed by atoms with Gasteiger partial charge in [0, 0.05) is 44.1 Å². The molecule has 1 atom stereocenters. The summed E-state index contributed by atoms with van der Waals surface area (Å²) in [5, 5.41) is 2.97. The molecule has 1 unspecified atom stereocenters. The summed E-state index contributed by atoms with van der Waals surface area (Å²) in [5.41, 5.74) is 8.80. The van der Waals surface area contributed by atoms with Gasteiger partial charge in [-0.25, -0.2) is 4.98 Å². The predicted octanol–water partition coefficient (Wildman–Crippen LogP) is 1.17. The van der Waals surface area contributed by atoms with Gasteiger partial charge in [0.2, 0.25) is 5.91 Å². The van der Waals surface area contributed by atoms with E-state index in [0.29, 0.717) is 5.69 Å². The summed E-state index contributed by atoms with van der Waals surface area (Å²) in [5.74, 6) is 0.0262. The van der Waals surface area contributed by atoms with Crippen molar-refractivity contribution >= 4 is 17.3 Å². The molecule has 110 valence electrons. The largest absolute Gasteiger partial charge is 0.397 e. The fraction of sp³-hybridized carbons (Fsp3) is 0.333. The predicted molar refractivity (Wildman–Crippen MR) is 82.4 cm³/mol. The van der Waals surface area contributed by atoms with Crippen molar-refractivity contribution in [1.29, 1.82) is 0 Å². The molecule has 1 aromatic carbocycles. The van der Waals surface area contributed by atoms with E-state index in [2.05, 4.69) is 21.3 Å². The van der Waals surface area contributed by atoms with Gasteiger partial charge >= 0.3 is 0 Å². The molecule has 6 nitrogen and oxygen atoms in total. The maximum absolute atomic E-state index is 11.1. The van der Waals surface area contributed by atoms with Crippen LogP contribution >= 0.6 is 0 Å². The maximum Gasteiger partial charge on any atom is 0.217 e. The Morgan fingerprint density at radius 3 is 3.05 bits per heavy atom. The number of nitrogens with one attached hydrogen (secondary N) is 1. The number of carbonyl (C=O) groups is 1. The molecule has 1 saturated heterocycles. The maximum atomic E-state index is 11.1. The van der Waals surface area contributed by atoms with Crippen LogP contribution in [-0.2, 0) is 4.79 Å². The van der Waals surface area contributed by atoms with E-state index in [1.165, 1.54) is 0 Å². The summed E-state index contributed by atoms with van der Waals surface area (Å²) < 4.78 is 1.90. The molecule has 0 spiro atoms. The van der Waals surface area contributed by atoms with Crippen LogP contribution in [0.4, 0.5) is 11.4 Å². The zero-order chi connectivity index (χ0) is 14.8. The minimum Gasteiger partial charge on any atom is -0.397 e. The molecule has 0 saturated carbocycles. The lowest BCUT2D eigenvalue weighted by molar-refractivity contribution is -0.119. The highest BCUT2D eigenvalue weighted by Crippen LogP contribution is 2.27. The lowest BCUT2D eigenvalue weighted by Crippen LogP contribution is -2.35. The fourth-order valence-electron chi connectivity index (χ4n) is 2.75. The Balaban J connectivity index is 1.81. The number of nitrogens with two attached hydrogens (primary N) is 1. The Hall–Kier alpha value is -2.50. The molecule has 0 radical (unpaired) electrons. The van der Waals surface area contributed by atoms with Gasteiger partial charge in [-0.3, -0.25) is 4.79 Å². The highest BCUT2D eigenvalue weighted by molar-refractivity contribution is 5.73. The molecule has 0 aliphatic carbocycles. The van der Waals surface area contributed by atoms with Crippen molar-refractivity contribution in [2.24, 2.45) is 0 Å². The molecule has 1 amide bonds. The number of carbonyl (C=O) groups excluding carboxylic acids is 1. The van der Waals surface area contributed by atoms with Gasteiger partial charge in [-0.05, 0) is 24.6 Å². The van der Waals surface area contributed by atoms with Gasteiger partial charge in [0.25, 0.3) is 0 Å². The van der Waals surface area contributed by atoms with E-state index < -0.39 is 0 Å². The van der Waals surface area contributed by atoms with Crippen LogP contribution in [-0.4, -0.2) is 34.6 Å². The Morgan fingerprint density at radius 1 is 1.48 bits per heavy atom. The number of aromatic nitrogens is 2. The Kier molecular flexibility index (Phi) is 3.51. The number of nitrogens with zero attached hydrogens (tertiary/aromatic N) is 3. The third-order valence-electron chi connectivity index (χ3n) is 3.76. The van der Waals surface area contributed by atoms with Crippen molar-refractivity contribution in [1.82, 2.24) is 14.9 Å². The number of anilines is 2. The number of hydrogen-bond donors (Lipinski definition) is 2. The molecule has 1 aliphatic rings. The zero-order valence-corrected chi connectivity index (χ0v) is 12.0. The molecule has 2 heterocycles. The summed E-state index contributed by atoms with van der Waals surface area (Å²) >= 11 is 0. The Morgan fingerprint density at radius 2 is 2.33 bits per heavy atom. The van der Waals surface area contributed by atoms with Crippen LogP contribution in [0, 0.1) is 0 Å². The van der Waals surface area contributed by atoms with Gasteiger partial charge in [-0.1, -0.05) is 0 Å². The van der Waals surface area contributed by atoms with Gasteiger partial charge < -0.3 is 20.5 Å². The Labute approximate surface area is 123 Å². The number of benzene rings is 1. The highest BCUT2D eigenvalue weighted by atomic mass is 16.1. The normalized spacial score (nSPS) is 18.0. The van der Waals surface area contributed by atoms with Crippen molar-refractivity contribution in [3.63, 3.8) is 0 Å². The lowest BCUT2D eigenvalue weighted by atomic mass is 10.2. The number of nitrogen functional groups attached to an aromatic ring is 1. The van der Waals surface area contributed by atoms with E-state index in [4.69, 9.17) is 5.73 Å². The van der Waals surface area contributed by atoms with E-state index in [1.807, 2.05) is 22.9 Å². The minimum absolute atomic E-state index is 0.0262. The quantitative estimate of drug-likeness (QED) is 0.830. The van der Waals surface area contributed by atoms with E-state index >= 15 is 0 Å². The highest BCUT2D eigenvalue weighted by Gasteiger charge is 2.23. The standard InChI is InChI=1S/C15H19N5O/c1-11(21)18-12-4-6-19(9-12)13-2-3-14(16)15(8-13)20-7-5-17-10-20/h2-3,5,7-8,10,12H,4,6,9,16H2,1H3,(H,18,21). The van der Waals surface area contributed by atoms with Crippen LogP contribution in [0.3, 0.4) is 0 Å². The second-order valence-corrected chi connectivity index (χ2v) is 5.35. The fourth-order valence-corrected chi connectivity index (χ4v) is 2.75. The van der Waals surface area contributed by atoms with Crippen molar-refractivity contribution in [2.45, 2.75) is 19.4 Å². The molecule has 1 aromatic heterocycles. The van der Waals surface area contributed by atoms with Crippen molar-refractivity contribution in [3.05, 3.63) is 36.9 Å². The monoisotopic (exact) mass is 285 g/mol. The summed E-state index contributed by atoms with van der Waals surface area (Å²) in [7, 11) is 0. The average molecular weight is 285 g/mol. The minimum atomic E-state index is 0.0262. The van der Waals surface area contributed by atoms with Crippen LogP contribution in [0.5, 0.6) is 0 Å². The second kappa shape index (κ2) is 5.47. The van der Waals surface area contributed by atoms with Crippen LogP contribution < -0.4 is 16.0 Å². The van der Waals surface area contributed by atoms with Gasteiger partial charge in [-0.15, -0.1) is 0 Å². The van der Waals surface area contributed by atoms with Gasteiger partial charge in [0.05, 0.1) is 17.7 Å². The SMILES string of the molecule is CC(=O)NC1CCN(c2ccc(N)c(-n3ccnc3)c2)C1. The molecule has 0 bridgehead atoms. The van der Waals surface area contributed by atoms with Crippen molar-refractivity contribution in [2.75, 3.05) is 23.7 Å². The molecular formula is C15H19N5O. The first-order valence-corrected chi connectivity index (χ1v) is 7.03. The molecule has 3 N–H and O–H groups in total. The van der Waals surface area contributed by atoms with Crippen molar-refractivity contribution < 1.29 is 4.79 Å². The van der Waals surface area contributed by atoms with E-state index in [0.717, 1.165) is 30.9 Å². The first-order valence-electron chi connectivity index (χ1n) is 7.03. The second-order valence-electron chi connectivity index (χ2n) is 5.35. The average Bonchev–Trinajstić information content (AvgIpc) is 3.10. The molecule has 6 heteroatoms. The van der Waals surface area contributed by atoms with Crippen LogP contribution in [0.1, 0.15) is 13.3 Å². The summed E-state index contributed by atoms with van der Waals surface area (Å²) in [6.07, 6.45) is 6.30. The Bertz CT molecular complexity index is 638. The molecular weight excluding hydrogens is 266 g/mol. The third-order valence-corrected chi connectivity index (χ3v) is 3.76. The smallest absolute Gasteiger partial charge is 0.217 e. The van der Waals surface area contributed by atoms with E-state index in [1.54, 1.807) is 19.4 Å². The van der Waals surface area contributed by atoms with Crippen molar-refractivity contribution in [3.8, 4) is 5.69 Å². The van der Waals surface area contributed by atoms with Gasteiger partial charge in [-0.2, -0.15) is 0 Å². The summed E-state index contributed by atoms with van der Waals surface area (Å²) in [6.45, 7) is 3.31.